The standard InChI is InChI=1S/C17H22N4O2/c1-4-5-15-18-16(23-19-15)11-21-9-8-12-10-13(6-7-14(12)21)17(22)20(2)3/h6-7,10H,4-5,8-9,11H2,1-3H3. The number of fused-ring (bicyclic) bond motifs is 1. The largest absolute Gasteiger partial charge is 0.362 e. The van der Waals surface area contributed by atoms with Crippen LogP contribution in [-0.4, -0.2) is 41.6 Å². The molecular weight excluding hydrogens is 292 g/mol. The normalized spacial score (nSPS) is 13.3. The summed E-state index contributed by atoms with van der Waals surface area (Å²) in [5, 5.41) is 4.00. The Labute approximate surface area is 136 Å². The van der Waals surface area contributed by atoms with Crippen molar-refractivity contribution in [3.8, 4) is 0 Å². The van der Waals surface area contributed by atoms with Crippen LogP contribution < -0.4 is 4.90 Å². The van der Waals surface area contributed by atoms with Gasteiger partial charge in [-0.15, -0.1) is 0 Å². The summed E-state index contributed by atoms with van der Waals surface area (Å²) < 4.78 is 5.32. The topological polar surface area (TPSA) is 62.5 Å². The molecule has 0 aliphatic carbocycles. The summed E-state index contributed by atoms with van der Waals surface area (Å²) in [6.45, 7) is 3.62. The fraction of sp³-hybridized carbons (Fsp3) is 0.471. The number of anilines is 1. The number of carbonyl (C=O) groups is 1. The lowest BCUT2D eigenvalue weighted by atomic mass is 10.1. The molecule has 1 amide bonds. The molecule has 0 unspecified atom stereocenters. The van der Waals surface area contributed by atoms with Crippen LogP contribution in [0.5, 0.6) is 0 Å². The van der Waals surface area contributed by atoms with Gasteiger partial charge < -0.3 is 14.3 Å². The maximum atomic E-state index is 12.1. The number of rotatable bonds is 5. The van der Waals surface area contributed by atoms with E-state index in [-0.39, 0.29) is 5.91 Å². The Morgan fingerprint density at radius 3 is 2.96 bits per heavy atom. The van der Waals surface area contributed by atoms with Gasteiger partial charge in [-0.3, -0.25) is 4.79 Å². The molecule has 0 spiro atoms. The summed E-state index contributed by atoms with van der Waals surface area (Å²) in [5.41, 5.74) is 3.08. The smallest absolute Gasteiger partial charge is 0.253 e. The zero-order valence-corrected chi connectivity index (χ0v) is 13.9. The van der Waals surface area contributed by atoms with Crippen molar-refractivity contribution < 1.29 is 9.32 Å². The summed E-state index contributed by atoms with van der Waals surface area (Å²) in [4.78, 5) is 20.3. The molecule has 1 aromatic heterocycles. The van der Waals surface area contributed by atoms with E-state index in [1.165, 1.54) is 5.56 Å². The van der Waals surface area contributed by atoms with Crippen LogP contribution in [0.2, 0.25) is 0 Å². The number of benzene rings is 1. The van der Waals surface area contributed by atoms with Crippen LogP contribution in [-0.2, 0) is 19.4 Å². The SMILES string of the molecule is CCCc1noc(CN2CCc3cc(C(=O)N(C)C)ccc32)n1. The second-order valence-corrected chi connectivity index (χ2v) is 6.07. The fourth-order valence-corrected chi connectivity index (χ4v) is 2.87. The Bertz CT molecular complexity index is 708. The molecule has 0 radical (unpaired) electrons. The molecule has 1 aromatic carbocycles. The minimum absolute atomic E-state index is 0.0346. The first-order valence-corrected chi connectivity index (χ1v) is 7.99. The van der Waals surface area contributed by atoms with Crippen molar-refractivity contribution in [3.63, 3.8) is 0 Å². The molecule has 1 aliphatic rings. The maximum absolute atomic E-state index is 12.1. The van der Waals surface area contributed by atoms with Crippen molar-refractivity contribution in [3.05, 3.63) is 41.0 Å². The lowest BCUT2D eigenvalue weighted by Crippen LogP contribution is -2.22. The lowest BCUT2D eigenvalue weighted by Gasteiger charge is -2.17. The number of nitrogens with zero attached hydrogens (tertiary/aromatic N) is 4. The predicted molar refractivity (Wildman–Crippen MR) is 87.5 cm³/mol. The highest BCUT2D eigenvalue weighted by molar-refractivity contribution is 5.94. The van der Waals surface area contributed by atoms with Crippen molar-refractivity contribution >= 4 is 11.6 Å². The van der Waals surface area contributed by atoms with E-state index in [2.05, 4.69) is 22.0 Å². The van der Waals surface area contributed by atoms with E-state index in [1.54, 1.807) is 19.0 Å². The van der Waals surface area contributed by atoms with Gasteiger partial charge in [-0.25, -0.2) is 0 Å². The molecule has 6 nitrogen and oxygen atoms in total. The van der Waals surface area contributed by atoms with E-state index in [9.17, 15) is 4.79 Å². The molecule has 0 saturated heterocycles. The van der Waals surface area contributed by atoms with E-state index < -0.39 is 0 Å². The van der Waals surface area contributed by atoms with Gasteiger partial charge in [-0.1, -0.05) is 12.1 Å². The zero-order chi connectivity index (χ0) is 16.4. The Balaban J connectivity index is 1.75. The van der Waals surface area contributed by atoms with Crippen LogP contribution in [0.1, 0.15) is 41.0 Å². The summed E-state index contributed by atoms with van der Waals surface area (Å²) in [6.07, 6.45) is 2.78. The van der Waals surface area contributed by atoms with Gasteiger partial charge in [0.25, 0.3) is 5.91 Å². The first kappa shape index (κ1) is 15.5. The van der Waals surface area contributed by atoms with Crippen molar-refractivity contribution in [1.29, 1.82) is 0 Å². The number of aromatic nitrogens is 2. The second-order valence-electron chi connectivity index (χ2n) is 6.07. The molecule has 1 aliphatic heterocycles. The van der Waals surface area contributed by atoms with Crippen molar-refractivity contribution in [2.75, 3.05) is 25.5 Å². The fourth-order valence-electron chi connectivity index (χ4n) is 2.87. The van der Waals surface area contributed by atoms with Gasteiger partial charge in [0.1, 0.15) is 0 Å². The van der Waals surface area contributed by atoms with Gasteiger partial charge in [0.15, 0.2) is 5.82 Å². The molecule has 0 fully saturated rings. The van der Waals surface area contributed by atoms with Gasteiger partial charge in [0, 0.05) is 38.3 Å². The number of aryl methyl sites for hydroxylation is 1. The number of hydrogen-bond acceptors (Lipinski definition) is 5. The number of hydrogen-bond donors (Lipinski definition) is 0. The minimum atomic E-state index is 0.0346. The van der Waals surface area contributed by atoms with Crippen LogP contribution >= 0.6 is 0 Å². The molecule has 0 saturated carbocycles. The molecule has 3 rings (SSSR count). The van der Waals surface area contributed by atoms with Gasteiger partial charge in [0.2, 0.25) is 5.89 Å². The molecule has 0 bridgehead atoms. The molecule has 0 atom stereocenters. The maximum Gasteiger partial charge on any atom is 0.253 e. The molecule has 122 valence electrons. The molecular formula is C17H22N4O2. The molecule has 6 heteroatoms. The van der Waals surface area contributed by atoms with Crippen molar-refractivity contribution in [2.45, 2.75) is 32.7 Å². The van der Waals surface area contributed by atoms with Gasteiger partial charge in [-0.05, 0) is 36.6 Å². The van der Waals surface area contributed by atoms with Gasteiger partial charge in [0.05, 0.1) is 6.54 Å². The van der Waals surface area contributed by atoms with E-state index in [1.807, 2.05) is 18.2 Å². The van der Waals surface area contributed by atoms with Crippen LogP contribution in [0.15, 0.2) is 22.7 Å². The highest BCUT2D eigenvalue weighted by Crippen LogP contribution is 2.30. The summed E-state index contributed by atoms with van der Waals surface area (Å²) in [6, 6.07) is 5.90. The Morgan fingerprint density at radius 1 is 1.39 bits per heavy atom. The minimum Gasteiger partial charge on any atom is -0.362 e. The first-order valence-electron chi connectivity index (χ1n) is 7.99. The lowest BCUT2D eigenvalue weighted by molar-refractivity contribution is 0.0827. The van der Waals surface area contributed by atoms with E-state index in [0.717, 1.165) is 42.9 Å². The predicted octanol–water partition coefficient (Wildman–Crippen LogP) is 2.29. The third-order valence-corrected chi connectivity index (χ3v) is 4.03. The van der Waals surface area contributed by atoms with Crippen LogP contribution in [0, 0.1) is 0 Å². The average Bonchev–Trinajstić information content (AvgIpc) is 3.14. The van der Waals surface area contributed by atoms with Crippen molar-refractivity contribution in [1.82, 2.24) is 15.0 Å². The van der Waals surface area contributed by atoms with E-state index >= 15 is 0 Å². The Kier molecular flexibility index (Phi) is 4.32. The van der Waals surface area contributed by atoms with Crippen molar-refractivity contribution in [2.24, 2.45) is 0 Å². The first-order chi connectivity index (χ1) is 11.1. The zero-order valence-electron chi connectivity index (χ0n) is 13.9. The van der Waals surface area contributed by atoms with Gasteiger partial charge >= 0.3 is 0 Å². The molecule has 2 heterocycles. The Hall–Kier alpha value is -2.37. The summed E-state index contributed by atoms with van der Waals surface area (Å²) in [7, 11) is 3.54. The van der Waals surface area contributed by atoms with Crippen LogP contribution in [0.4, 0.5) is 5.69 Å². The average molecular weight is 314 g/mol. The third-order valence-electron chi connectivity index (χ3n) is 4.03. The third kappa shape index (κ3) is 3.21. The molecule has 2 aromatic rings. The summed E-state index contributed by atoms with van der Waals surface area (Å²) in [5.74, 6) is 1.45. The molecule has 23 heavy (non-hydrogen) atoms. The van der Waals surface area contributed by atoms with Crippen LogP contribution in [0.3, 0.4) is 0 Å². The highest BCUT2D eigenvalue weighted by atomic mass is 16.5. The van der Waals surface area contributed by atoms with E-state index in [4.69, 9.17) is 4.52 Å². The molecule has 0 N–H and O–H groups in total. The highest BCUT2D eigenvalue weighted by Gasteiger charge is 2.22. The summed E-state index contributed by atoms with van der Waals surface area (Å²) >= 11 is 0. The van der Waals surface area contributed by atoms with E-state index in [0.29, 0.717) is 12.4 Å². The monoisotopic (exact) mass is 314 g/mol. The van der Waals surface area contributed by atoms with Gasteiger partial charge in [-0.2, -0.15) is 4.98 Å². The van der Waals surface area contributed by atoms with Crippen LogP contribution in [0.25, 0.3) is 0 Å². The quantitative estimate of drug-likeness (QED) is 0.847. The number of carbonyl (C=O) groups excluding carboxylic acids is 1. The Morgan fingerprint density at radius 2 is 2.22 bits per heavy atom. The number of amides is 1. The second kappa shape index (κ2) is 6.40.